The molecule has 2 aliphatic rings. The van der Waals surface area contributed by atoms with Crippen LogP contribution in [0.25, 0.3) is 0 Å². The highest BCUT2D eigenvalue weighted by molar-refractivity contribution is 7.88. The van der Waals surface area contributed by atoms with Crippen molar-refractivity contribution in [3.63, 3.8) is 0 Å². The van der Waals surface area contributed by atoms with E-state index in [0.29, 0.717) is 19.6 Å². The van der Waals surface area contributed by atoms with E-state index in [4.69, 9.17) is 0 Å². The summed E-state index contributed by atoms with van der Waals surface area (Å²) >= 11 is 0. The van der Waals surface area contributed by atoms with Crippen LogP contribution in [-0.2, 0) is 17.1 Å². The highest BCUT2D eigenvalue weighted by Crippen LogP contribution is 2.33. The van der Waals surface area contributed by atoms with Crippen molar-refractivity contribution in [2.24, 2.45) is 13.0 Å². The van der Waals surface area contributed by atoms with Crippen LogP contribution in [0, 0.1) is 5.92 Å². The number of likely N-dealkylation sites (tertiary alicyclic amines) is 1. The molecule has 0 aliphatic carbocycles. The first-order chi connectivity index (χ1) is 9.36. The fourth-order valence-corrected chi connectivity index (χ4v) is 3.90. The standard InChI is InChI=1S/C11H17N5O3S/c1-14-7-12-10(13-14)11(17)16-4-3-8-5-15(6-9(8)16)20(2,18)19/h7-9H,3-6H2,1-2H3/t8-,9+/m0/s1. The van der Waals surface area contributed by atoms with Gasteiger partial charge in [0.1, 0.15) is 6.33 Å². The fraction of sp³-hybridized carbons (Fsp3) is 0.727. The number of fused-ring (bicyclic) bond motifs is 1. The van der Waals surface area contributed by atoms with Gasteiger partial charge in [0.2, 0.25) is 15.8 Å². The molecule has 1 aromatic rings. The summed E-state index contributed by atoms with van der Waals surface area (Å²) in [7, 11) is -1.49. The largest absolute Gasteiger partial charge is 0.331 e. The van der Waals surface area contributed by atoms with E-state index in [1.54, 1.807) is 11.9 Å². The van der Waals surface area contributed by atoms with Crippen molar-refractivity contribution in [1.29, 1.82) is 0 Å². The van der Waals surface area contributed by atoms with Gasteiger partial charge in [-0.3, -0.25) is 9.48 Å². The monoisotopic (exact) mass is 299 g/mol. The average molecular weight is 299 g/mol. The van der Waals surface area contributed by atoms with E-state index >= 15 is 0 Å². The summed E-state index contributed by atoms with van der Waals surface area (Å²) in [6, 6.07) is -0.0546. The maximum absolute atomic E-state index is 12.4. The van der Waals surface area contributed by atoms with Crippen LogP contribution >= 0.6 is 0 Å². The van der Waals surface area contributed by atoms with Crippen LogP contribution in [0.5, 0.6) is 0 Å². The number of carbonyl (C=O) groups excluding carboxylic acids is 1. The number of carbonyl (C=O) groups is 1. The zero-order chi connectivity index (χ0) is 14.5. The molecule has 110 valence electrons. The number of aryl methyl sites for hydroxylation is 1. The Bertz CT molecular complexity index is 640. The Labute approximate surface area is 117 Å². The molecule has 2 saturated heterocycles. The van der Waals surface area contributed by atoms with Crippen molar-refractivity contribution in [2.75, 3.05) is 25.9 Å². The summed E-state index contributed by atoms with van der Waals surface area (Å²) in [5, 5.41) is 4.02. The maximum Gasteiger partial charge on any atom is 0.293 e. The van der Waals surface area contributed by atoms with Crippen LogP contribution < -0.4 is 0 Å². The van der Waals surface area contributed by atoms with E-state index in [2.05, 4.69) is 10.1 Å². The highest BCUT2D eigenvalue weighted by Gasteiger charge is 2.46. The quantitative estimate of drug-likeness (QED) is 0.693. The predicted octanol–water partition coefficient (Wildman–Crippen LogP) is -1.08. The first kappa shape index (κ1) is 13.5. The number of hydrogen-bond donors (Lipinski definition) is 0. The highest BCUT2D eigenvalue weighted by atomic mass is 32.2. The molecule has 0 aromatic carbocycles. The molecule has 2 aliphatic heterocycles. The van der Waals surface area contributed by atoms with Gasteiger partial charge < -0.3 is 4.90 Å². The lowest BCUT2D eigenvalue weighted by molar-refractivity contribution is 0.0720. The van der Waals surface area contributed by atoms with Gasteiger partial charge in [0.05, 0.1) is 12.3 Å². The molecule has 0 N–H and O–H groups in total. The lowest BCUT2D eigenvalue weighted by Crippen LogP contribution is -2.41. The maximum atomic E-state index is 12.4. The molecule has 2 fully saturated rings. The molecular formula is C11H17N5O3S. The van der Waals surface area contributed by atoms with Crippen molar-refractivity contribution in [2.45, 2.75) is 12.5 Å². The molecule has 8 nitrogen and oxygen atoms in total. The summed E-state index contributed by atoms with van der Waals surface area (Å²) < 4.78 is 26.2. The minimum Gasteiger partial charge on any atom is -0.331 e. The second kappa shape index (κ2) is 4.52. The Morgan fingerprint density at radius 1 is 1.40 bits per heavy atom. The number of amides is 1. The van der Waals surface area contributed by atoms with Crippen LogP contribution in [0.15, 0.2) is 6.33 Å². The molecule has 1 aromatic heterocycles. The summed E-state index contributed by atoms with van der Waals surface area (Å²) in [6.07, 6.45) is 3.52. The van der Waals surface area contributed by atoms with Crippen molar-refractivity contribution in [1.82, 2.24) is 24.0 Å². The van der Waals surface area contributed by atoms with Crippen molar-refractivity contribution in [3.8, 4) is 0 Å². The van der Waals surface area contributed by atoms with E-state index in [0.717, 1.165) is 6.42 Å². The molecule has 0 radical (unpaired) electrons. The topological polar surface area (TPSA) is 88.4 Å². The lowest BCUT2D eigenvalue weighted by Gasteiger charge is -2.23. The molecule has 0 unspecified atom stereocenters. The second-order valence-corrected chi connectivity index (χ2v) is 7.42. The van der Waals surface area contributed by atoms with Crippen LogP contribution in [0.1, 0.15) is 17.0 Å². The van der Waals surface area contributed by atoms with E-state index in [1.165, 1.54) is 21.6 Å². The van der Waals surface area contributed by atoms with Gasteiger partial charge in [-0.2, -0.15) is 4.31 Å². The second-order valence-electron chi connectivity index (χ2n) is 5.44. The normalized spacial score (nSPS) is 27.0. The molecule has 9 heteroatoms. The van der Waals surface area contributed by atoms with Gasteiger partial charge in [-0.15, -0.1) is 5.10 Å². The summed E-state index contributed by atoms with van der Waals surface area (Å²) in [5.74, 6) is 0.178. The average Bonchev–Trinajstić information content (AvgIpc) is 2.99. The van der Waals surface area contributed by atoms with Crippen LogP contribution in [-0.4, -0.2) is 70.2 Å². The molecule has 0 saturated carbocycles. The molecule has 3 heterocycles. The molecule has 3 rings (SSSR count). The number of sulfonamides is 1. The third kappa shape index (κ3) is 2.20. The number of rotatable bonds is 2. The molecule has 0 bridgehead atoms. The third-order valence-corrected chi connectivity index (χ3v) is 5.27. The summed E-state index contributed by atoms with van der Waals surface area (Å²) in [4.78, 5) is 18.1. The minimum atomic E-state index is -3.19. The smallest absolute Gasteiger partial charge is 0.293 e. The molecular weight excluding hydrogens is 282 g/mol. The lowest BCUT2D eigenvalue weighted by atomic mass is 10.1. The van der Waals surface area contributed by atoms with Gasteiger partial charge in [0.25, 0.3) is 5.91 Å². The SMILES string of the molecule is Cn1cnc(C(=O)N2CC[C@H]3CN(S(C)(=O)=O)C[C@H]32)n1. The Hall–Kier alpha value is -1.48. The van der Waals surface area contributed by atoms with Gasteiger partial charge in [0.15, 0.2) is 0 Å². The van der Waals surface area contributed by atoms with E-state index in [-0.39, 0.29) is 23.7 Å². The number of hydrogen-bond acceptors (Lipinski definition) is 5. The Balaban J connectivity index is 1.78. The van der Waals surface area contributed by atoms with Crippen molar-refractivity contribution >= 4 is 15.9 Å². The third-order valence-electron chi connectivity index (χ3n) is 4.03. The van der Waals surface area contributed by atoms with Crippen LogP contribution in [0.3, 0.4) is 0 Å². The molecule has 2 atom stereocenters. The fourth-order valence-electron chi connectivity index (χ4n) is 3.01. The molecule has 1 amide bonds. The first-order valence-electron chi connectivity index (χ1n) is 6.48. The molecule has 20 heavy (non-hydrogen) atoms. The van der Waals surface area contributed by atoms with Gasteiger partial charge in [-0.05, 0) is 12.3 Å². The summed E-state index contributed by atoms with van der Waals surface area (Å²) in [5.41, 5.74) is 0. The Morgan fingerprint density at radius 2 is 2.15 bits per heavy atom. The van der Waals surface area contributed by atoms with Gasteiger partial charge >= 0.3 is 0 Å². The zero-order valence-electron chi connectivity index (χ0n) is 11.4. The van der Waals surface area contributed by atoms with E-state index in [1.807, 2.05) is 0 Å². The predicted molar refractivity (Wildman–Crippen MR) is 70.4 cm³/mol. The van der Waals surface area contributed by atoms with Crippen molar-refractivity contribution < 1.29 is 13.2 Å². The minimum absolute atomic E-state index is 0.0546. The van der Waals surface area contributed by atoms with E-state index in [9.17, 15) is 13.2 Å². The summed E-state index contributed by atoms with van der Waals surface area (Å²) in [6.45, 7) is 1.52. The van der Waals surface area contributed by atoms with Crippen molar-refractivity contribution in [3.05, 3.63) is 12.2 Å². The molecule has 0 spiro atoms. The van der Waals surface area contributed by atoms with Gasteiger partial charge in [-0.25, -0.2) is 13.4 Å². The van der Waals surface area contributed by atoms with Crippen LogP contribution in [0.2, 0.25) is 0 Å². The Kier molecular flexibility index (Phi) is 3.05. The zero-order valence-corrected chi connectivity index (χ0v) is 12.2. The van der Waals surface area contributed by atoms with Crippen LogP contribution in [0.4, 0.5) is 0 Å². The number of nitrogens with zero attached hydrogens (tertiary/aromatic N) is 5. The first-order valence-corrected chi connectivity index (χ1v) is 8.33. The van der Waals surface area contributed by atoms with E-state index < -0.39 is 10.0 Å². The Morgan fingerprint density at radius 3 is 2.75 bits per heavy atom. The van der Waals surface area contributed by atoms with Gasteiger partial charge in [0, 0.05) is 26.7 Å². The number of aromatic nitrogens is 3. The van der Waals surface area contributed by atoms with Gasteiger partial charge in [-0.1, -0.05) is 0 Å².